The molecule has 1 aromatic carbocycles. The van der Waals surface area contributed by atoms with Crippen LogP contribution in [0, 0.1) is 0 Å². The number of pyridine rings is 1. The van der Waals surface area contributed by atoms with Gasteiger partial charge in [-0.3, -0.25) is 9.10 Å². The van der Waals surface area contributed by atoms with Gasteiger partial charge in [0.25, 0.3) is 5.91 Å². The summed E-state index contributed by atoms with van der Waals surface area (Å²) in [6.45, 7) is 2.11. The van der Waals surface area contributed by atoms with Gasteiger partial charge in [-0.2, -0.15) is 5.10 Å². The fraction of sp³-hybridized carbons (Fsp3) is 0.350. The number of fused-ring (bicyclic) bond motifs is 1. The summed E-state index contributed by atoms with van der Waals surface area (Å²) >= 11 is 5.95. The first kappa shape index (κ1) is 20.6. The fourth-order valence-electron chi connectivity index (χ4n) is 3.65. The molecule has 3 aromatic rings. The van der Waals surface area contributed by atoms with Gasteiger partial charge >= 0.3 is 0 Å². The van der Waals surface area contributed by atoms with Gasteiger partial charge in [0.2, 0.25) is 10.0 Å². The van der Waals surface area contributed by atoms with Gasteiger partial charge < -0.3 is 5.32 Å². The molecule has 2 aromatic heterocycles. The van der Waals surface area contributed by atoms with Gasteiger partial charge in [0.1, 0.15) is 5.69 Å². The zero-order valence-corrected chi connectivity index (χ0v) is 18.5. The number of sulfonamides is 1. The number of nitrogens with one attached hydrogen (secondary N) is 1. The summed E-state index contributed by atoms with van der Waals surface area (Å²) in [5.74, 6) is 0.410. The molecule has 2 heterocycles. The number of carbonyl (C=O) groups excluding carboxylic acids is 1. The third kappa shape index (κ3) is 3.63. The van der Waals surface area contributed by atoms with Crippen molar-refractivity contribution in [3.8, 4) is 5.82 Å². The molecule has 158 valence electrons. The van der Waals surface area contributed by atoms with E-state index in [0.29, 0.717) is 39.7 Å². The molecule has 4 rings (SSSR count). The van der Waals surface area contributed by atoms with Gasteiger partial charge in [0, 0.05) is 25.2 Å². The maximum Gasteiger partial charge on any atom is 0.270 e. The molecule has 0 unspecified atom stereocenters. The van der Waals surface area contributed by atoms with Crippen molar-refractivity contribution in [3.05, 3.63) is 46.7 Å². The fourth-order valence-corrected chi connectivity index (χ4v) is 4.75. The van der Waals surface area contributed by atoms with Crippen LogP contribution in [-0.2, 0) is 10.0 Å². The van der Waals surface area contributed by atoms with Crippen LogP contribution in [0.25, 0.3) is 16.7 Å². The highest BCUT2D eigenvalue weighted by Crippen LogP contribution is 2.46. The number of nitrogens with zero attached hydrogens (tertiary/aromatic N) is 4. The lowest BCUT2D eigenvalue weighted by Gasteiger charge is -2.23. The molecule has 0 radical (unpaired) electrons. The molecule has 1 aliphatic carbocycles. The Morgan fingerprint density at radius 1 is 1.33 bits per heavy atom. The minimum Gasteiger partial charge on any atom is -0.354 e. The Labute approximate surface area is 179 Å². The SMILES string of the molecule is CCN(c1cc2nn(-c3ccc(Cl)cn3)c(C(=O)NC)c2cc1C1CC1)S(C)(=O)=O. The number of rotatable bonds is 6. The Hall–Kier alpha value is -2.65. The Bertz CT molecular complexity index is 1230. The quantitative estimate of drug-likeness (QED) is 0.626. The van der Waals surface area contributed by atoms with Crippen molar-refractivity contribution in [3.63, 3.8) is 0 Å². The monoisotopic (exact) mass is 447 g/mol. The molecule has 10 heteroatoms. The molecule has 1 amide bonds. The number of amides is 1. The molecular weight excluding hydrogens is 426 g/mol. The first-order valence-corrected chi connectivity index (χ1v) is 11.9. The predicted molar refractivity (Wildman–Crippen MR) is 117 cm³/mol. The number of anilines is 1. The van der Waals surface area contributed by atoms with E-state index >= 15 is 0 Å². The van der Waals surface area contributed by atoms with Crippen LogP contribution in [-0.4, -0.2) is 48.9 Å². The van der Waals surface area contributed by atoms with E-state index in [9.17, 15) is 13.2 Å². The highest BCUT2D eigenvalue weighted by Gasteiger charge is 2.32. The zero-order valence-electron chi connectivity index (χ0n) is 16.9. The lowest BCUT2D eigenvalue weighted by atomic mass is 10.0. The molecule has 1 saturated carbocycles. The second-order valence-corrected chi connectivity index (χ2v) is 9.65. The topological polar surface area (TPSA) is 97.2 Å². The molecule has 8 nitrogen and oxygen atoms in total. The Morgan fingerprint density at radius 3 is 2.60 bits per heavy atom. The van der Waals surface area contributed by atoms with E-state index in [1.54, 1.807) is 32.2 Å². The third-order valence-corrected chi connectivity index (χ3v) is 6.64. The minimum absolute atomic E-state index is 0.273. The smallest absolute Gasteiger partial charge is 0.270 e. The molecule has 0 aliphatic heterocycles. The van der Waals surface area contributed by atoms with Crippen LogP contribution in [0.1, 0.15) is 41.7 Å². The molecule has 0 saturated heterocycles. The van der Waals surface area contributed by atoms with Crippen LogP contribution < -0.4 is 9.62 Å². The summed E-state index contributed by atoms with van der Waals surface area (Å²) in [5, 5.41) is 8.38. The van der Waals surface area contributed by atoms with E-state index < -0.39 is 10.0 Å². The molecule has 1 N–H and O–H groups in total. The Balaban J connectivity index is 2.01. The van der Waals surface area contributed by atoms with Gasteiger partial charge in [-0.05, 0) is 55.5 Å². The molecule has 30 heavy (non-hydrogen) atoms. The first-order chi connectivity index (χ1) is 14.2. The van der Waals surface area contributed by atoms with Crippen LogP contribution in [0.15, 0.2) is 30.5 Å². The van der Waals surface area contributed by atoms with Crippen molar-refractivity contribution in [1.82, 2.24) is 20.1 Å². The van der Waals surface area contributed by atoms with E-state index in [4.69, 9.17) is 11.6 Å². The number of hydrogen-bond donors (Lipinski definition) is 1. The predicted octanol–water partition coefficient (Wildman–Crippen LogP) is 3.10. The van der Waals surface area contributed by atoms with Crippen molar-refractivity contribution in [2.75, 3.05) is 24.2 Å². The Morgan fingerprint density at radius 2 is 2.07 bits per heavy atom. The Kier molecular flexibility index (Phi) is 5.19. The molecule has 1 fully saturated rings. The summed E-state index contributed by atoms with van der Waals surface area (Å²) in [6, 6.07) is 7.01. The maximum atomic E-state index is 12.7. The summed E-state index contributed by atoms with van der Waals surface area (Å²) in [4.78, 5) is 17.0. The van der Waals surface area contributed by atoms with Crippen LogP contribution >= 0.6 is 11.6 Å². The molecule has 0 atom stereocenters. The first-order valence-electron chi connectivity index (χ1n) is 9.63. The van der Waals surface area contributed by atoms with Gasteiger partial charge in [-0.15, -0.1) is 0 Å². The summed E-state index contributed by atoms with van der Waals surface area (Å²) in [7, 11) is -1.90. The highest BCUT2D eigenvalue weighted by molar-refractivity contribution is 7.92. The average molecular weight is 448 g/mol. The van der Waals surface area contributed by atoms with E-state index in [-0.39, 0.29) is 11.8 Å². The van der Waals surface area contributed by atoms with E-state index in [1.165, 1.54) is 21.4 Å². The molecule has 0 spiro atoms. The van der Waals surface area contributed by atoms with Gasteiger partial charge in [0.05, 0.1) is 22.5 Å². The van der Waals surface area contributed by atoms with Gasteiger partial charge in [-0.1, -0.05) is 11.6 Å². The summed E-state index contributed by atoms with van der Waals surface area (Å²) < 4.78 is 27.6. The largest absolute Gasteiger partial charge is 0.354 e. The zero-order chi connectivity index (χ0) is 21.6. The average Bonchev–Trinajstić information content (AvgIpc) is 3.47. The standard InChI is InChI=1S/C20H22ClN5O3S/c1-4-25(30(3,28)29)17-10-16-15(9-14(17)12-5-6-12)19(20(27)22-2)26(24-16)18-8-7-13(21)11-23-18/h7-12H,4-6H2,1-3H3,(H,22,27). The van der Waals surface area contributed by atoms with Crippen molar-refractivity contribution in [1.29, 1.82) is 0 Å². The van der Waals surface area contributed by atoms with Crippen molar-refractivity contribution < 1.29 is 13.2 Å². The molecule has 1 aliphatic rings. The summed E-state index contributed by atoms with van der Waals surface area (Å²) in [6.07, 6.45) is 4.66. The minimum atomic E-state index is -3.45. The molecular formula is C20H22ClN5O3S. The lowest BCUT2D eigenvalue weighted by Crippen LogP contribution is -2.30. The van der Waals surface area contributed by atoms with E-state index in [1.807, 2.05) is 6.07 Å². The lowest BCUT2D eigenvalue weighted by molar-refractivity contribution is 0.0957. The van der Waals surface area contributed by atoms with Crippen LogP contribution in [0.2, 0.25) is 5.02 Å². The maximum absolute atomic E-state index is 12.7. The number of carbonyl (C=O) groups is 1. The van der Waals surface area contributed by atoms with Crippen molar-refractivity contribution in [2.45, 2.75) is 25.7 Å². The second-order valence-electron chi connectivity index (χ2n) is 7.30. The number of hydrogen-bond acceptors (Lipinski definition) is 5. The van der Waals surface area contributed by atoms with Crippen molar-refractivity contribution in [2.24, 2.45) is 0 Å². The van der Waals surface area contributed by atoms with Gasteiger partial charge in [-0.25, -0.2) is 18.1 Å². The van der Waals surface area contributed by atoms with Crippen LogP contribution in [0.4, 0.5) is 5.69 Å². The second kappa shape index (κ2) is 7.55. The normalized spacial score (nSPS) is 14.1. The van der Waals surface area contributed by atoms with E-state index in [0.717, 1.165) is 18.4 Å². The van der Waals surface area contributed by atoms with Gasteiger partial charge in [0.15, 0.2) is 5.82 Å². The van der Waals surface area contributed by atoms with Crippen molar-refractivity contribution >= 4 is 44.1 Å². The van der Waals surface area contributed by atoms with Crippen LogP contribution in [0.5, 0.6) is 0 Å². The highest BCUT2D eigenvalue weighted by atomic mass is 35.5. The van der Waals surface area contributed by atoms with E-state index in [2.05, 4.69) is 15.4 Å². The summed E-state index contributed by atoms with van der Waals surface area (Å²) in [5.41, 5.74) is 2.40. The van der Waals surface area contributed by atoms with Crippen LogP contribution in [0.3, 0.4) is 0 Å². The number of benzene rings is 1. The third-order valence-electron chi connectivity index (χ3n) is 5.16. The number of halogens is 1. The molecule has 0 bridgehead atoms. The number of aromatic nitrogens is 3.